The molecule has 0 aliphatic rings. The van der Waals surface area contributed by atoms with E-state index in [4.69, 9.17) is 4.55 Å². The fraction of sp³-hybridized carbons (Fsp3) is 0. The fourth-order valence-corrected chi connectivity index (χ4v) is 2.00. The summed E-state index contributed by atoms with van der Waals surface area (Å²) in [5.74, 6) is -0.101. The Balaban J connectivity index is 2.21. The molecule has 0 spiro atoms. The summed E-state index contributed by atoms with van der Waals surface area (Å²) in [7, 11) is -4.14. The maximum absolute atomic E-state index is 12.1. The Hall–Kier alpha value is -2.24. The van der Waals surface area contributed by atoms with Gasteiger partial charge in [-0.25, -0.2) is 0 Å². The van der Waals surface area contributed by atoms with E-state index in [2.05, 4.69) is 0 Å². The zero-order chi connectivity index (χ0) is 14.6. The monoisotopic (exact) mass is 288 g/mol. The number of benzene rings is 2. The third-order valence-electron chi connectivity index (χ3n) is 2.64. The summed E-state index contributed by atoms with van der Waals surface area (Å²) in [4.78, 5) is 12.1. The molecule has 0 atom stereocenters. The standard InChI is InChI=1S/C15H12O4S/c16-15(13-4-2-1-3-5-13)14-8-6-12(7-9-14)10-11-20(17,18)19/h1-11H,(H,17,18,19). The quantitative estimate of drug-likeness (QED) is 0.693. The van der Waals surface area contributed by atoms with E-state index in [0.717, 1.165) is 0 Å². The molecule has 0 amide bonds. The van der Waals surface area contributed by atoms with Gasteiger partial charge in [-0.15, -0.1) is 0 Å². The van der Waals surface area contributed by atoms with E-state index in [9.17, 15) is 13.2 Å². The van der Waals surface area contributed by atoms with Crippen molar-refractivity contribution >= 4 is 22.0 Å². The van der Waals surface area contributed by atoms with Crippen molar-refractivity contribution in [1.29, 1.82) is 0 Å². The van der Waals surface area contributed by atoms with Gasteiger partial charge < -0.3 is 0 Å². The Bertz CT molecular complexity index is 729. The summed E-state index contributed by atoms with van der Waals surface area (Å²) in [5, 5.41) is 0.695. The van der Waals surface area contributed by atoms with Crippen LogP contribution < -0.4 is 0 Å². The topological polar surface area (TPSA) is 71.4 Å². The highest BCUT2D eigenvalue weighted by molar-refractivity contribution is 7.88. The van der Waals surface area contributed by atoms with Gasteiger partial charge in [0.15, 0.2) is 5.78 Å². The second-order valence-electron chi connectivity index (χ2n) is 4.13. The molecule has 0 saturated carbocycles. The normalized spacial score (nSPS) is 11.7. The van der Waals surface area contributed by atoms with Gasteiger partial charge in [-0.2, -0.15) is 8.42 Å². The number of hydrogen-bond donors (Lipinski definition) is 1. The van der Waals surface area contributed by atoms with Crippen LogP contribution in [-0.2, 0) is 10.1 Å². The van der Waals surface area contributed by atoms with E-state index in [-0.39, 0.29) is 5.78 Å². The van der Waals surface area contributed by atoms with Crippen LogP contribution in [0.2, 0.25) is 0 Å². The molecule has 0 heterocycles. The van der Waals surface area contributed by atoms with Crippen molar-refractivity contribution in [3.05, 3.63) is 76.7 Å². The summed E-state index contributed by atoms with van der Waals surface area (Å²) < 4.78 is 29.8. The molecule has 4 nitrogen and oxygen atoms in total. The second-order valence-corrected chi connectivity index (χ2v) is 5.44. The molecule has 0 aromatic heterocycles. The molecule has 2 aromatic rings. The van der Waals surface area contributed by atoms with Crippen LogP contribution in [0.4, 0.5) is 0 Å². The highest BCUT2D eigenvalue weighted by Gasteiger charge is 2.07. The molecule has 1 N–H and O–H groups in total. The molecule has 0 aliphatic carbocycles. The van der Waals surface area contributed by atoms with Crippen LogP contribution in [-0.4, -0.2) is 18.8 Å². The molecule has 20 heavy (non-hydrogen) atoms. The van der Waals surface area contributed by atoms with E-state index in [1.54, 1.807) is 48.5 Å². The van der Waals surface area contributed by atoms with Gasteiger partial charge in [-0.1, -0.05) is 54.6 Å². The number of hydrogen-bond acceptors (Lipinski definition) is 3. The zero-order valence-electron chi connectivity index (χ0n) is 10.4. The number of carbonyl (C=O) groups excluding carboxylic acids is 1. The van der Waals surface area contributed by atoms with Crippen LogP contribution >= 0.6 is 0 Å². The molecule has 0 radical (unpaired) electrons. The number of ketones is 1. The maximum atomic E-state index is 12.1. The van der Waals surface area contributed by atoms with Crippen molar-refractivity contribution in [2.45, 2.75) is 0 Å². The van der Waals surface area contributed by atoms with Crippen LogP contribution in [0.15, 0.2) is 60.0 Å². The SMILES string of the molecule is O=C(c1ccccc1)c1ccc(C=CS(=O)(=O)O)cc1. The van der Waals surface area contributed by atoms with Crippen LogP contribution in [0.3, 0.4) is 0 Å². The molecular weight excluding hydrogens is 276 g/mol. The van der Waals surface area contributed by atoms with Gasteiger partial charge in [-0.05, 0) is 11.6 Å². The van der Waals surface area contributed by atoms with Gasteiger partial charge in [0.25, 0.3) is 10.1 Å². The van der Waals surface area contributed by atoms with Gasteiger partial charge in [0.05, 0.1) is 5.41 Å². The minimum atomic E-state index is -4.14. The molecule has 0 aliphatic heterocycles. The lowest BCUT2D eigenvalue weighted by Gasteiger charge is -2.01. The Labute approximate surface area is 117 Å². The van der Waals surface area contributed by atoms with Crippen molar-refractivity contribution in [2.24, 2.45) is 0 Å². The van der Waals surface area contributed by atoms with Crippen LogP contribution in [0, 0.1) is 0 Å². The second kappa shape index (κ2) is 5.81. The minimum Gasteiger partial charge on any atom is -0.289 e. The fourth-order valence-electron chi connectivity index (χ4n) is 1.67. The average Bonchev–Trinajstić information content (AvgIpc) is 2.45. The molecule has 0 unspecified atom stereocenters. The summed E-state index contributed by atoms with van der Waals surface area (Å²) in [5.41, 5.74) is 1.68. The molecule has 0 fully saturated rings. The van der Waals surface area contributed by atoms with Gasteiger partial charge in [0, 0.05) is 11.1 Å². The van der Waals surface area contributed by atoms with Gasteiger partial charge >= 0.3 is 0 Å². The molecule has 2 rings (SSSR count). The summed E-state index contributed by atoms with van der Waals surface area (Å²) >= 11 is 0. The first-order valence-electron chi connectivity index (χ1n) is 5.81. The molecule has 102 valence electrons. The van der Waals surface area contributed by atoms with E-state index in [1.165, 1.54) is 6.08 Å². The highest BCUT2D eigenvalue weighted by atomic mass is 32.2. The average molecular weight is 288 g/mol. The van der Waals surface area contributed by atoms with Gasteiger partial charge in [0.2, 0.25) is 0 Å². The predicted octanol–water partition coefficient (Wildman–Crippen LogP) is 2.78. The Morgan fingerprint density at radius 1 is 0.900 bits per heavy atom. The van der Waals surface area contributed by atoms with Crippen molar-refractivity contribution < 1.29 is 17.8 Å². The van der Waals surface area contributed by atoms with Crippen molar-refractivity contribution in [3.8, 4) is 0 Å². The first-order chi connectivity index (χ1) is 9.46. The number of carbonyl (C=O) groups is 1. The highest BCUT2D eigenvalue weighted by Crippen LogP contribution is 2.12. The zero-order valence-corrected chi connectivity index (χ0v) is 11.2. The van der Waals surface area contributed by atoms with Crippen LogP contribution in [0.1, 0.15) is 21.5 Å². The summed E-state index contributed by atoms with van der Waals surface area (Å²) in [6.07, 6.45) is 1.26. The van der Waals surface area contributed by atoms with Crippen LogP contribution in [0.5, 0.6) is 0 Å². The van der Waals surface area contributed by atoms with E-state index < -0.39 is 10.1 Å². The van der Waals surface area contributed by atoms with Crippen molar-refractivity contribution in [1.82, 2.24) is 0 Å². The Morgan fingerprint density at radius 3 is 2.00 bits per heavy atom. The Morgan fingerprint density at radius 2 is 1.45 bits per heavy atom. The largest absolute Gasteiger partial charge is 0.289 e. The Kier molecular flexibility index (Phi) is 4.12. The molecule has 5 heteroatoms. The van der Waals surface area contributed by atoms with Gasteiger partial charge in [0.1, 0.15) is 0 Å². The van der Waals surface area contributed by atoms with E-state index in [1.807, 2.05) is 6.07 Å². The lowest BCUT2D eigenvalue weighted by molar-refractivity contribution is 0.103. The van der Waals surface area contributed by atoms with Crippen molar-refractivity contribution in [3.63, 3.8) is 0 Å². The van der Waals surface area contributed by atoms with Gasteiger partial charge in [-0.3, -0.25) is 9.35 Å². The molecule has 0 saturated heterocycles. The third-order valence-corrected chi connectivity index (χ3v) is 3.12. The van der Waals surface area contributed by atoms with Crippen molar-refractivity contribution in [2.75, 3.05) is 0 Å². The lowest BCUT2D eigenvalue weighted by atomic mass is 10.0. The molecule has 0 bridgehead atoms. The van der Waals surface area contributed by atoms with E-state index >= 15 is 0 Å². The first kappa shape index (κ1) is 14.2. The predicted molar refractivity (Wildman–Crippen MR) is 76.9 cm³/mol. The minimum absolute atomic E-state index is 0.101. The first-order valence-corrected chi connectivity index (χ1v) is 7.31. The smallest absolute Gasteiger partial charge is 0.287 e. The lowest BCUT2D eigenvalue weighted by Crippen LogP contribution is -2.00. The number of rotatable bonds is 4. The third kappa shape index (κ3) is 3.88. The maximum Gasteiger partial charge on any atom is 0.287 e. The van der Waals surface area contributed by atoms with E-state index in [0.29, 0.717) is 22.1 Å². The summed E-state index contributed by atoms with van der Waals surface area (Å²) in [6.45, 7) is 0. The molecule has 2 aromatic carbocycles. The van der Waals surface area contributed by atoms with Crippen LogP contribution in [0.25, 0.3) is 6.08 Å². The summed E-state index contributed by atoms with van der Waals surface area (Å²) in [6, 6.07) is 15.3. The molecular formula is C15H12O4S.